The topological polar surface area (TPSA) is 71.4 Å². The van der Waals surface area contributed by atoms with Gasteiger partial charge in [-0.3, -0.25) is 14.4 Å². The molecule has 0 amide bonds. The Morgan fingerprint density at radius 2 is 1.38 bits per heavy atom. The lowest BCUT2D eigenvalue weighted by atomic mass is 10.1. The minimum Gasteiger partial charge on any atom is -0.506 e. The number of rotatable bonds is 3. The predicted molar refractivity (Wildman–Crippen MR) is 44.3 cm³/mol. The van der Waals surface area contributed by atoms with E-state index in [2.05, 4.69) is 0 Å². The molecule has 0 unspecified atom stereocenters. The summed E-state index contributed by atoms with van der Waals surface area (Å²) in [5.41, 5.74) is 0.0559. The number of hydrogen-bond donors (Lipinski definition) is 1. The summed E-state index contributed by atoms with van der Waals surface area (Å²) in [6, 6.07) is 2.42. The molecule has 13 heavy (non-hydrogen) atoms. The van der Waals surface area contributed by atoms with Crippen LogP contribution in [0.2, 0.25) is 0 Å². The molecule has 0 aliphatic carbocycles. The number of aromatic hydroxyl groups is 1. The second-order valence-electron chi connectivity index (χ2n) is 2.40. The fourth-order valence-corrected chi connectivity index (χ4v) is 0.952. The molecule has 0 fully saturated rings. The molecule has 1 N–H and O–H groups in total. The number of aldehydes is 3. The fraction of sp³-hybridized carbons (Fsp3) is 0. The largest absolute Gasteiger partial charge is 0.506 e. The van der Waals surface area contributed by atoms with Crippen LogP contribution in [0.1, 0.15) is 31.1 Å². The molecule has 1 aromatic carbocycles. The van der Waals surface area contributed by atoms with E-state index in [-0.39, 0.29) is 16.7 Å². The molecule has 0 spiro atoms. The summed E-state index contributed by atoms with van der Waals surface area (Å²) >= 11 is 0. The lowest BCUT2D eigenvalue weighted by molar-refractivity contribution is 0.111. The first-order valence-electron chi connectivity index (χ1n) is 3.45. The zero-order chi connectivity index (χ0) is 9.84. The van der Waals surface area contributed by atoms with Crippen molar-refractivity contribution in [1.82, 2.24) is 0 Å². The van der Waals surface area contributed by atoms with Crippen LogP contribution in [-0.4, -0.2) is 24.0 Å². The highest BCUT2D eigenvalue weighted by Gasteiger charge is 2.07. The average molecular weight is 178 g/mol. The van der Waals surface area contributed by atoms with Gasteiger partial charge in [0.2, 0.25) is 0 Å². The lowest BCUT2D eigenvalue weighted by Crippen LogP contribution is -1.92. The zero-order valence-corrected chi connectivity index (χ0v) is 6.56. The van der Waals surface area contributed by atoms with E-state index < -0.39 is 5.75 Å². The van der Waals surface area contributed by atoms with Gasteiger partial charge < -0.3 is 5.11 Å². The van der Waals surface area contributed by atoms with Gasteiger partial charge in [0.15, 0.2) is 12.6 Å². The highest BCUT2D eigenvalue weighted by atomic mass is 16.3. The lowest BCUT2D eigenvalue weighted by Gasteiger charge is -2.00. The Balaban J connectivity index is 3.44. The summed E-state index contributed by atoms with van der Waals surface area (Å²) in [5, 5.41) is 9.23. The van der Waals surface area contributed by atoms with Gasteiger partial charge >= 0.3 is 0 Å². The van der Waals surface area contributed by atoms with Gasteiger partial charge in [0.1, 0.15) is 12.0 Å². The first-order valence-corrected chi connectivity index (χ1v) is 3.45. The van der Waals surface area contributed by atoms with E-state index >= 15 is 0 Å². The molecule has 0 atom stereocenters. The maximum absolute atomic E-state index is 10.4. The van der Waals surface area contributed by atoms with E-state index in [1.54, 1.807) is 0 Å². The Kier molecular flexibility index (Phi) is 2.54. The summed E-state index contributed by atoms with van der Waals surface area (Å²) in [4.78, 5) is 31.1. The van der Waals surface area contributed by atoms with E-state index in [1.165, 1.54) is 12.1 Å². The van der Waals surface area contributed by atoms with Crippen LogP contribution in [0.3, 0.4) is 0 Å². The molecule has 4 nitrogen and oxygen atoms in total. The standard InChI is InChI=1S/C9H6O4/c10-3-6-1-7(4-11)9(13)8(2-6)5-12/h1-5,13H. The van der Waals surface area contributed by atoms with Crippen LogP contribution in [0.4, 0.5) is 0 Å². The Hall–Kier alpha value is -1.97. The molecule has 0 aliphatic rings. The van der Waals surface area contributed by atoms with Gasteiger partial charge in [0.05, 0.1) is 11.1 Å². The molecule has 4 heteroatoms. The highest BCUT2D eigenvalue weighted by Crippen LogP contribution is 2.20. The maximum atomic E-state index is 10.4. The number of carbonyl (C=O) groups is 3. The van der Waals surface area contributed by atoms with Crippen molar-refractivity contribution in [3.05, 3.63) is 28.8 Å². The van der Waals surface area contributed by atoms with Gasteiger partial charge in [-0.1, -0.05) is 0 Å². The number of benzene rings is 1. The molecule has 0 bridgehead atoms. The van der Waals surface area contributed by atoms with Crippen molar-refractivity contribution < 1.29 is 19.5 Å². The monoisotopic (exact) mass is 178 g/mol. The van der Waals surface area contributed by atoms with Crippen molar-refractivity contribution >= 4 is 18.9 Å². The van der Waals surface area contributed by atoms with Crippen molar-refractivity contribution in [2.24, 2.45) is 0 Å². The third-order valence-electron chi connectivity index (χ3n) is 1.58. The van der Waals surface area contributed by atoms with E-state index in [0.29, 0.717) is 18.9 Å². The number of phenolic OH excluding ortho intramolecular Hbond substituents is 1. The van der Waals surface area contributed by atoms with Gasteiger partial charge in [0.25, 0.3) is 0 Å². The van der Waals surface area contributed by atoms with Crippen LogP contribution in [0.15, 0.2) is 12.1 Å². The van der Waals surface area contributed by atoms with E-state index in [1.807, 2.05) is 0 Å². The Morgan fingerprint density at radius 3 is 1.69 bits per heavy atom. The first-order chi connectivity index (χ1) is 6.22. The predicted octanol–water partition coefficient (Wildman–Crippen LogP) is 0.830. The molecule has 0 saturated carbocycles. The number of carbonyl (C=O) groups excluding carboxylic acids is 3. The van der Waals surface area contributed by atoms with Crippen LogP contribution in [0.5, 0.6) is 5.75 Å². The molecule has 0 aromatic heterocycles. The fourth-order valence-electron chi connectivity index (χ4n) is 0.952. The summed E-state index contributed by atoms with van der Waals surface area (Å²) in [5.74, 6) is -0.393. The summed E-state index contributed by atoms with van der Waals surface area (Å²) in [7, 11) is 0. The van der Waals surface area contributed by atoms with Gasteiger partial charge in [-0.2, -0.15) is 0 Å². The molecular weight excluding hydrogens is 172 g/mol. The summed E-state index contributed by atoms with van der Waals surface area (Å²) in [6.45, 7) is 0. The molecule has 0 heterocycles. The van der Waals surface area contributed by atoms with Crippen molar-refractivity contribution in [3.8, 4) is 5.75 Å². The Labute approximate surface area is 73.8 Å². The molecule has 66 valence electrons. The molecule has 0 aliphatic heterocycles. The Bertz CT molecular complexity index is 339. The minimum absolute atomic E-state index is 0.0632. The molecular formula is C9H6O4. The normalized spacial score (nSPS) is 9.23. The van der Waals surface area contributed by atoms with Crippen LogP contribution < -0.4 is 0 Å². The molecule has 1 aromatic rings. The Morgan fingerprint density at radius 1 is 0.923 bits per heavy atom. The van der Waals surface area contributed by atoms with E-state index in [4.69, 9.17) is 0 Å². The SMILES string of the molecule is O=Cc1cc(C=O)c(O)c(C=O)c1. The number of hydrogen-bond acceptors (Lipinski definition) is 4. The quantitative estimate of drug-likeness (QED) is 0.696. The van der Waals surface area contributed by atoms with Gasteiger partial charge in [0, 0.05) is 5.56 Å². The van der Waals surface area contributed by atoms with E-state index in [9.17, 15) is 19.5 Å². The number of phenols is 1. The smallest absolute Gasteiger partial charge is 0.153 e. The van der Waals surface area contributed by atoms with Gasteiger partial charge in [-0.15, -0.1) is 0 Å². The zero-order valence-electron chi connectivity index (χ0n) is 6.56. The molecule has 0 saturated heterocycles. The molecule has 1 rings (SSSR count). The minimum atomic E-state index is -0.393. The second-order valence-corrected chi connectivity index (χ2v) is 2.40. The maximum Gasteiger partial charge on any atom is 0.153 e. The summed E-state index contributed by atoms with van der Waals surface area (Å²) in [6.07, 6.45) is 1.27. The first kappa shape index (κ1) is 9.12. The highest BCUT2D eigenvalue weighted by molar-refractivity contribution is 5.92. The average Bonchev–Trinajstić information content (AvgIpc) is 2.18. The third kappa shape index (κ3) is 1.61. The molecule has 0 radical (unpaired) electrons. The van der Waals surface area contributed by atoms with E-state index in [0.717, 1.165) is 0 Å². The van der Waals surface area contributed by atoms with Crippen molar-refractivity contribution in [3.63, 3.8) is 0 Å². The summed E-state index contributed by atoms with van der Waals surface area (Å²) < 4.78 is 0. The van der Waals surface area contributed by atoms with Crippen molar-refractivity contribution in [2.75, 3.05) is 0 Å². The van der Waals surface area contributed by atoms with Crippen LogP contribution in [0.25, 0.3) is 0 Å². The van der Waals surface area contributed by atoms with Gasteiger partial charge in [-0.25, -0.2) is 0 Å². The van der Waals surface area contributed by atoms with Crippen molar-refractivity contribution in [2.45, 2.75) is 0 Å². The van der Waals surface area contributed by atoms with Crippen molar-refractivity contribution in [1.29, 1.82) is 0 Å². The third-order valence-corrected chi connectivity index (χ3v) is 1.58. The van der Waals surface area contributed by atoms with Crippen LogP contribution in [-0.2, 0) is 0 Å². The second kappa shape index (κ2) is 3.62. The van der Waals surface area contributed by atoms with Gasteiger partial charge in [-0.05, 0) is 12.1 Å². The van der Waals surface area contributed by atoms with Crippen LogP contribution >= 0.6 is 0 Å². The van der Waals surface area contributed by atoms with Crippen LogP contribution in [0, 0.1) is 0 Å².